The minimum atomic E-state index is -0.781. The maximum Gasteiger partial charge on any atom is 0.313 e. The predicted octanol–water partition coefficient (Wildman–Crippen LogP) is 2.46. The Labute approximate surface area is 115 Å². The molecule has 0 aliphatic carbocycles. The third-order valence-electron chi connectivity index (χ3n) is 2.57. The van der Waals surface area contributed by atoms with Crippen molar-refractivity contribution >= 4 is 34.3 Å². The summed E-state index contributed by atoms with van der Waals surface area (Å²) >= 11 is 3.32. The van der Waals surface area contributed by atoms with Crippen molar-refractivity contribution in [2.24, 2.45) is 11.1 Å². The molecular formula is C11H16BrClN2O2. The highest BCUT2D eigenvalue weighted by atomic mass is 79.9. The Morgan fingerprint density at radius 1 is 1.53 bits per heavy atom. The van der Waals surface area contributed by atoms with Gasteiger partial charge in [-0.25, -0.2) is 0 Å². The summed E-state index contributed by atoms with van der Waals surface area (Å²) in [6, 6.07) is 1.40. The molecule has 0 radical (unpaired) electrons. The number of nitrogens with zero attached hydrogens (tertiary/aromatic N) is 1. The van der Waals surface area contributed by atoms with E-state index >= 15 is 0 Å². The van der Waals surface area contributed by atoms with Crippen molar-refractivity contribution in [3.05, 3.63) is 28.5 Å². The molecule has 1 atom stereocenters. The third kappa shape index (κ3) is 3.66. The molecule has 0 aliphatic rings. The maximum atomic E-state index is 11.6. The minimum absolute atomic E-state index is 0. The Kier molecular flexibility index (Phi) is 6.09. The quantitative estimate of drug-likeness (QED) is 0.868. The van der Waals surface area contributed by atoms with Gasteiger partial charge in [-0.15, -0.1) is 12.4 Å². The first kappa shape index (κ1) is 16.4. The Morgan fingerprint density at radius 3 is 2.59 bits per heavy atom. The Bertz CT molecular complexity index is 399. The Morgan fingerprint density at radius 2 is 2.12 bits per heavy atom. The molecule has 0 spiro atoms. The van der Waals surface area contributed by atoms with Crippen molar-refractivity contribution in [3.8, 4) is 0 Å². The highest BCUT2D eigenvalue weighted by Gasteiger charge is 2.36. The van der Waals surface area contributed by atoms with Gasteiger partial charge in [-0.2, -0.15) is 0 Å². The molecule has 0 saturated heterocycles. The summed E-state index contributed by atoms with van der Waals surface area (Å²) in [6.45, 7) is 3.51. The number of pyridine rings is 1. The van der Waals surface area contributed by atoms with Crippen LogP contribution in [0, 0.1) is 5.41 Å². The first-order valence-corrected chi connectivity index (χ1v) is 5.63. The van der Waals surface area contributed by atoms with Crippen LogP contribution in [0.3, 0.4) is 0 Å². The lowest BCUT2D eigenvalue weighted by molar-refractivity contribution is -0.152. The molecule has 0 fully saturated rings. The van der Waals surface area contributed by atoms with Crippen molar-refractivity contribution < 1.29 is 9.53 Å². The average molecular weight is 324 g/mol. The molecule has 4 nitrogen and oxygen atoms in total. The topological polar surface area (TPSA) is 65.2 Å². The molecule has 0 aliphatic heterocycles. The summed E-state index contributed by atoms with van der Waals surface area (Å²) in [7, 11) is 1.36. The number of aromatic nitrogens is 1. The minimum Gasteiger partial charge on any atom is -0.469 e. The lowest BCUT2D eigenvalue weighted by Crippen LogP contribution is -2.37. The SMILES string of the molecule is COC(=O)C(C)(C)[C@H](N)c1cncc(Br)c1.Cl. The third-order valence-corrected chi connectivity index (χ3v) is 3.01. The molecular weight excluding hydrogens is 307 g/mol. The van der Waals surface area contributed by atoms with Crippen molar-refractivity contribution in [1.82, 2.24) is 4.98 Å². The molecule has 0 aromatic carbocycles. The number of carbonyl (C=O) groups excluding carboxylic acids is 1. The highest BCUT2D eigenvalue weighted by molar-refractivity contribution is 9.10. The number of methoxy groups -OCH3 is 1. The number of esters is 1. The molecule has 0 amide bonds. The fraction of sp³-hybridized carbons (Fsp3) is 0.455. The number of rotatable bonds is 3. The second-order valence-corrected chi connectivity index (χ2v) is 5.04. The number of ether oxygens (including phenoxy) is 1. The van der Waals surface area contributed by atoms with Crippen LogP contribution in [0.4, 0.5) is 0 Å². The lowest BCUT2D eigenvalue weighted by Gasteiger charge is -2.28. The number of hydrogen-bond donors (Lipinski definition) is 1. The van der Waals surface area contributed by atoms with Crippen LogP contribution in [0.25, 0.3) is 0 Å². The molecule has 0 bridgehead atoms. The van der Waals surface area contributed by atoms with Crippen LogP contribution in [-0.2, 0) is 9.53 Å². The summed E-state index contributed by atoms with van der Waals surface area (Å²) in [5.74, 6) is -0.333. The molecule has 1 heterocycles. The van der Waals surface area contributed by atoms with Crippen molar-refractivity contribution in [2.45, 2.75) is 19.9 Å². The van der Waals surface area contributed by atoms with Gasteiger partial charge in [-0.05, 0) is 41.4 Å². The van der Waals surface area contributed by atoms with Crippen molar-refractivity contribution in [2.75, 3.05) is 7.11 Å². The summed E-state index contributed by atoms with van der Waals surface area (Å²) in [4.78, 5) is 15.6. The molecule has 17 heavy (non-hydrogen) atoms. The summed E-state index contributed by atoms with van der Waals surface area (Å²) < 4.78 is 5.57. The zero-order chi connectivity index (χ0) is 12.3. The first-order chi connectivity index (χ1) is 7.39. The van der Waals surface area contributed by atoms with Gasteiger partial charge in [-0.3, -0.25) is 9.78 Å². The van der Waals surface area contributed by atoms with Crippen LogP contribution in [0.1, 0.15) is 25.5 Å². The average Bonchev–Trinajstić information content (AvgIpc) is 2.26. The molecule has 96 valence electrons. The Hall–Kier alpha value is -0.650. The molecule has 6 heteroatoms. The number of carbonyl (C=O) groups is 1. The van der Waals surface area contributed by atoms with E-state index in [1.165, 1.54) is 7.11 Å². The van der Waals surface area contributed by atoms with Gasteiger partial charge in [0.05, 0.1) is 12.5 Å². The van der Waals surface area contributed by atoms with Crippen LogP contribution in [0.2, 0.25) is 0 Å². The van der Waals surface area contributed by atoms with Gasteiger partial charge in [-0.1, -0.05) is 0 Å². The monoisotopic (exact) mass is 322 g/mol. The van der Waals surface area contributed by atoms with Crippen LogP contribution >= 0.6 is 28.3 Å². The van der Waals surface area contributed by atoms with Crippen LogP contribution in [-0.4, -0.2) is 18.1 Å². The number of nitrogens with two attached hydrogens (primary N) is 1. The van der Waals surface area contributed by atoms with Crippen LogP contribution in [0.5, 0.6) is 0 Å². The van der Waals surface area contributed by atoms with Gasteiger partial charge >= 0.3 is 5.97 Å². The number of halogens is 2. The van der Waals surface area contributed by atoms with E-state index in [-0.39, 0.29) is 18.4 Å². The van der Waals surface area contributed by atoms with Gasteiger partial charge in [0.15, 0.2) is 0 Å². The standard InChI is InChI=1S/C11H15BrN2O2.ClH/c1-11(2,10(15)16-3)9(13)7-4-8(12)6-14-5-7;/h4-6,9H,13H2,1-3H3;1H/t9-;/m1./s1. The second-order valence-electron chi connectivity index (χ2n) is 4.13. The largest absolute Gasteiger partial charge is 0.469 e. The van der Waals surface area contributed by atoms with Crippen LogP contribution < -0.4 is 5.73 Å². The van der Waals surface area contributed by atoms with Gasteiger partial charge in [0, 0.05) is 22.9 Å². The van der Waals surface area contributed by atoms with Gasteiger partial charge in [0.1, 0.15) is 0 Å². The molecule has 0 saturated carbocycles. The van der Waals surface area contributed by atoms with Crippen LogP contribution in [0.15, 0.2) is 22.9 Å². The zero-order valence-corrected chi connectivity index (χ0v) is 12.3. The van der Waals surface area contributed by atoms with E-state index in [0.717, 1.165) is 10.0 Å². The summed E-state index contributed by atoms with van der Waals surface area (Å²) in [5, 5.41) is 0. The fourth-order valence-corrected chi connectivity index (χ4v) is 1.79. The van der Waals surface area contributed by atoms with E-state index in [9.17, 15) is 4.79 Å². The van der Waals surface area contributed by atoms with Crippen molar-refractivity contribution in [3.63, 3.8) is 0 Å². The first-order valence-electron chi connectivity index (χ1n) is 4.84. The van der Waals surface area contributed by atoms with E-state index in [4.69, 9.17) is 10.5 Å². The van der Waals surface area contributed by atoms with E-state index in [1.807, 2.05) is 6.07 Å². The van der Waals surface area contributed by atoms with E-state index in [1.54, 1.807) is 26.2 Å². The van der Waals surface area contributed by atoms with Crippen molar-refractivity contribution in [1.29, 1.82) is 0 Å². The smallest absolute Gasteiger partial charge is 0.313 e. The second kappa shape index (κ2) is 6.33. The fourth-order valence-electron chi connectivity index (χ4n) is 1.41. The van der Waals surface area contributed by atoms with E-state index in [0.29, 0.717) is 0 Å². The number of hydrogen-bond acceptors (Lipinski definition) is 4. The molecule has 0 unspecified atom stereocenters. The Balaban J connectivity index is 0.00000256. The summed E-state index contributed by atoms with van der Waals surface area (Å²) in [5.41, 5.74) is 6.07. The molecule has 1 rings (SSSR count). The van der Waals surface area contributed by atoms with Gasteiger partial charge in [0.2, 0.25) is 0 Å². The van der Waals surface area contributed by atoms with E-state index < -0.39 is 11.5 Å². The maximum absolute atomic E-state index is 11.6. The molecule has 1 aromatic heterocycles. The zero-order valence-electron chi connectivity index (χ0n) is 9.94. The highest BCUT2D eigenvalue weighted by Crippen LogP contribution is 2.32. The molecule has 1 aromatic rings. The van der Waals surface area contributed by atoms with E-state index in [2.05, 4.69) is 20.9 Å². The lowest BCUT2D eigenvalue weighted by atomic mass is 9.81. The summed E-state index contributed by atoms with van der Waals surface area (Å²) in [6.07, 6.45) is 3.32. The normalized spacial score (nSPS) is 12.5. The predicted molar refractivity (Wildman–Crippen MR) is 71.9 cm³/mol. The van der Waals surface area contributed by atoms with Gasteiger partial charge in [0.25, 0.3) is 0 Å². The molecule has 2 N–H and O–H groups in total. The van der Waals surface area contributed by atoms with Gasteiger partial charge < -0.3 is 10.5 Å².